The molecule has 1 saturated heterocycles. The van der Waals surface area contributed by atoms with Crippen molar-refractivity contribution in [2.45, 2.75) is 43.7 Å². The summed E-state index contributed by atoms with van der Waals surface area (Å²) in [7, 11) is -2.39. The standard InChI is InChI=1S/C26H29NO6S/c1-19-11-13-22(14-12-19)34(29,30)27(23-15-16-32-26(23)28)17-21-9-6-10-24(31-2)25(21)33-18-20-7-4-3-5-8-20/h3-14,23,26,28H,15-18H2,1-2H3. The van der Waals surface area contributed by atoms with Crippen molar-refractivity contribution in [3.05, 3.63) is 89.5 Å². The lowest BCUT2D eigenvalue weighted by Gasteiger charge is -2.30. The molecule has 180 valence electrons. The smallest absolute Gasteiger partial charge is 0.243 e. The molecule has 0 aliphatic carbocycles. The van der Waals surface area contributed by atoms with Gasteiger partial charge in [0.25, 0.3) is 0 Å². The summed E-state index contributed by atoms with van der Waals surface area (Å²) in [5.74, 6) is 0.968. The summed E-state index contributed by atoms with van der Waals surface area (Å²) in [5, 5.41) is 10.4. The Kier molecular flexibility index (Phi) is 7.53. The third kappa shape index (κ3) is 5.26. The normalized spacial score (nSPS) is 18.2. The SMILES string of the molecule is COc1cccc(CN(C2CCOC2O)S(=O)(=O)c2ccc(C)cc2)c1OCc1ccccc1. The molecule has 0 spiro atoms. The van der Waals surface area contributed by atoms with E-state index in [0.717, 1.165) is 11.1 Å². The highest BCUT2D eigenvalue weighted by atomic mass is 32.2. The lowest BCUT2D eigenvalue weighted by molar-refractivity contribution is -0.0833. The quantitative estimate of drug-likeness (QED) is 0.497. The Labute approximate surface area is 200 Å². The minimum atomic E-state index is -3.94. The fourth-order valence-corrected chi connectivity index (χ4v) is 5.61. The van der Waals surface area contributed by atoms with E-state index in [1.54, 1.807) is 43.5 Å². The molecular weight excluding hydrogens is 454 g/mol. The van der Waals surface area contributed by atoms with Crippen LogP contribution in [0.15, 0.2) is 77.7 Å². The van der Waals surface area contributed by atoms with Crippen molar-refractivity contribution < 1.29 is 27.7 Å². The van der Waals surface area contributed by atoms with Crippen molar-refractivity contribution in [2.75, 3.05) is 13.7 Å². The first-order chi connectivity index (χ1) is 16.4. The molecule has 0 aromatic heterocycles. The highest BCUT2D eigenvalue weighted by molar-refractivity contribution is 7.89. The van der Waals surface area contributed by atoms with Crippen LogP contribution >= 0.6 is 0 Å². The summed E-state index contributed by atoms with van der Waals surface area (Å²) >= 11 is 0. The van der Waals surface area contributed by atoms with Crippen molar-refractivity contribution in [2.24, 2.45) is 0 Å². The fourth-order valence-electron chi connectivity index (χ4n) is 3.98. The molecule has 7 nitrogen and oxygen atoms in total. The first-order valence-corrected chi connectivity index (χ1v) is 12.5. The van der Waals surface area contributed by atoms with Gasteiger partial charge in [0.2, 0.25) is 10.0 Å². The monoisotopic (exact) mass is 483 g/mol. The summed E-state index contributed by atoms with van der Waals surface area (Å²) in [5.41, 5.74) is 2.56. The molecule has 3 aromatic rings. The minimum absolute atomic E-state index is 0.0113. The Morgan fingerprint density at radius 2 is 1.76 bits per heavy atom. The zero-order valence-electron chi connectivity index (χ0n) is 19.3. The molecule has 1 aliphatic rings. The number of aliphatic hydroxyl groups is 1. The molecule has 1 fully saturated rings. The maximum Gasteiger partial charge on any atom is 0.243 e. The van der Waals surface area contributed by atoms with Crippen molar-refractivity contribution >= 4 is 10.0 Å². The van der Waals surface area contributed by atoms with Crippen LogP contribution in [0.5, 0.6) is 11.5 Å². The van der Waals surface area contributed by atoms with E-state index in [1.807, 2.05) is 43.3 Å². The number of ether oxygens (including phenoxy) is 3. The van der Waals surface area contributed by atoms with Gasteiger partial charge in [-0.3, -0.25) is 0 Å². The van der Waals surface area contributed by atoms with E-state index in [9.17, 15) is 13.5 Å². The lowest BCUT2D eigenvalue weighted by Crippen LogP contribution is -2.44. The largest absolute Gasteiger partial charge is 0.493 e. The van der Waals surface area contributed by atoms with Crippen molar-refractivity contribution in [1.29, 1.82) is 0 Å². The van der Waals surface area contributed by atoms with Gasteiger partial charge >= 0.3 is 0 Å². The van der Waals surface area contributed by atoms with Crippen LogP contribution < -0.4 is 9.47 Å². The third-order valence-corrected chi connectivity index (χ3v) is 7.75. The average molecular weight is 484 g/mol. The Hall–Kier alpha value is -2.91. The highest BCUT2D eigenvalue weighted by Gasteiger charge is 2.40. The number of hydrogen-bond donors (Lipinski definition) is 1. The van der Waals surface area contributed by atoms with Gasteiger partial charge < -0.3 is 19.3 Å². The molecule has 2 unspecified atom stereocenters. The number of aryl methyl sites for hydroxylation is 1. The maximum atomic E-state index is 13.7. The van der Waals surface area contributed by atoms with Crippen molar-refractivity contribution in [1.82, 2.24) is 4.31 Å². The lowest BCUT2D eigenvalue weighted by atomic mass is 10.1. The molecule has 1 aliphatic heterocycles. The molecule has 4 rings (SSSR count). The van der Waals surface area contributed by atoms with Crippen LogP contribution in [0.1, 0.15) is 23.1 Å². The molecule has 0 saturated carbocycles. The predicted octanol–water partition coefficient (Wildman–Crippen LogP) is 3.88. The zero-order valence-corrected chi connectivity index (χ0v) is 20.1. The van der Waals surface area contributed by atoms with Crippen LogP contribution in [0.3, 0.4) is 0 Å². The van der Waals surface area contributed by atoms with Gasteiger partial charge in [0.1, 0.15) is 6.61 Å². The topological polar surface area (TPSA) is 85.3 Å². The predicted molar refractivity (Wildman–Crippen MR) is 128 cm³/mol. The van der Waals surface area contributed by atoms with E-state index in [2.05, 4.69) is 0 Å². The first-order valence-electron chi connectivity index (χ1n) is 11.1. The molecule has 0 amide bonds. The summed E-state index contributed by atoms with van der Waals surface area (Å²) in [6, 6.07) is 21.0. The van der Waals surface area contributed by atoms with Gasteiger partial charge in [-0.25, -0.2) is 8.42 Å². The molecule has 1 N–H and O–H groups in total. The van der Waals surface area contributed by atoms with Gasteiger partial charge in [-0.1, -0.05) is 60.2 Å². The average Bonchev–Trinajstić information content (AvgIpc) is 3.27. The fraction of sp³-hybridized carbons (Fsp3) is 0.308. The second-order valence-corrected chi connectivity index (χ2v) is 10.1. The van der Waals surface area contributed by atoms with Gasteiger partial charge in [0.05, 0.1) is 24.7 Å². The van der Waals surface area contributed by atoms with Crippen LogP contribution in [0.2, 0.25) is 0 Å². The zero-order chi connectivity index (χ0) is 24.1. The summed E-state index contributed by atoms with van der Waals surface area (Å²) in [4.78, 5) is 0.159. The number of rotatable bonds is 9. The number of sulfonamides is 1. The second-order valence-electron chi connectivity index (χ2n) is 8.20. The summed E-state index contributed by atoms with van der Waals surface area (Å²) in [6.07, 6.45) is -0.823. The molecule has 1 heterocycles. The summed E-state index contributed by atoms with van der Waals surface area (Å²) in [6.45, 7) is 2.47. The molecule has 34 heavy (non-hydrogen) atoms. The number of methoxy groups -OCH3 is 1. The molecule has 2 atom stereocenters. The number of para-hydroxylation sites is 1. The van der Waals surface area contributed by atoms with Crippen LogP contribution in [-0.2, 0) is 27.9 Å². The van der Waals surface area contributed by atoms with Gasteiger partial charge in [0.15, 0.2) is 17.8 Å². The van der Waals surface area contributed by atoms with Gasteiger partial charge in [-0.15, -0.1) is 0 Å². The van der Waals surface area contributed by atoms with E-state index < -0.39 is 22.4 Å². The number of nitrogens with zero attached hydrogens (tertiary/aromatic N) is 1. The maximum absolute atomic E-state index is 13.7. The van der Waals surface area contributed by atoms with Crippen LogP contribution in [0.25, 0.3) is 0 Å². The van der Waals surface area contributed by atoms with Crippen LogP contribution in [-0.4, -0.2) is 43.9 Å². The first kappa shape index (κ1) is 24.2. The van der Waals surface area contributed by atoms with E-state index in [0.29, 0.717) is 30.1 Å². The van der Waals surface area contributed by atoms with Gasteiger partial charge in [-0.05, 0) is 37.1 Å². The van der Waals surface area contributed by atoms with Crippen LogP contribution in [0.4, 0.5) is 0 Å². The van der Waals surface area contributed by atoms with E-state index in [1.165, 1.54) is 4.31 Å². The Morgan fingerprint density at radius 3 is 2.41 bits per heavy atom. The number of hydrogen-bond acceptors (Lipinski definition) is 6. The van der Waals surface area contributed by atoms with Gasteiger partial charge in [0, 0.05) is 12.1 Å². The van der Waals surface area contributed by atoms with E-state index >= 15 is 0 Å². The minimum Gasteiger partial charge on any atom is -0.493 e. The Bertz CT molecular complexity index is 1200. The molecule has 0 bridgehead atoms. The Balaban J connectivity index is 1.70. The summed E-state index contributed by atoms with van der Waals surface area (Å²) < 4.78 is 45.7. The van der Waals surface area contributed by atoms with Crippen LogP contribution in [0, 0.1) is 6.92 Å². The Morgan fingerprint density at radius 1 is 1.03 bits per heavy atom. The third-order valence-electron chi connectivity index (χ3n) is 5.86. The van der Waals surface area contributed by atoms with Crippen molar-refractivity contribution in [3.8, 4) is 11.5 Å². The highest BCUT2D eigenvalue weighted by Crippen LogP contribution is 2.35. The van der Waals surface area contributed by atoms with Gasteiger partial charge in [-0.2, -0.15) is 4.31 Å². The van der Waals surface area contributed by atoms with E-state index in [4.69, 9.17) is 14.2 Å². The molecular formula is C26H29NO6S. The molecule has 8 heteroatoms. The van der Waals surface area contributed by atoms with E-state index in [-0.39, 0.29) is 18.0 Å². The second kappa shape index (κ2) is 10.6. The molecule has 0 radical (unpaired) electrons. The number of benzene rings is 3. The van der Waals surface area contributed by atoms with Crippen molar-refractivity contribution in [3.63, 3.8) is 0 Å². The molecule has 3 aromatic carbocycles. The number of aliphatic hydroxyl groups excluding tert-OH is 1.